The first kappa shape index (κ1) is 14.6. The number of hydrogen-bond acceptors (Lipinski definition) is 4. The summed E-state index contributed by atoms with van der Waals surface area (Å²) in [7, 11) is 0. The van der Waals surface area contributed by atoms with E-state index in [9.17, 15) is 0 Å². The van der Waals surface area contributed by atoms with Crippen molar-refractivity contribution in [3.05, 3.63) is 40.7 Å². The monoisotopic (exact) mass is 292 g/mol. The summed E-state index contributed by atoms with van der Waals surface area (Å²) >= 11 is 3.70. The van der Waals surface area contributed by atoms with E-state index in [-0.39, 0.29) is 0 Å². The van der Waals surface area contributed by atoms with Crippen molar-refractivity contribution in [3.8, 4) is 11.3 Å². The van der Waals surface area contributed by atoms with E-state index in [1.54, 1.807) is 11.3 Å². The summed E-state index contributed by atoms with van der Waals surface area (Å²) in [5.74, 6) is 2.34. The molecule has 1 aromatic heterocycles. The molecule has 1 aromatic carbocycles. The molecule has 0 radical (unpaired) electrons. The molecule has 1 heterocycles. The summed E-state index contributed by atoms with van der Waals surface area (Å²) in [5.41, 5.74) is 2.28. The molecule has 19 heavy (non-hydrogen) atoms. The molecule has 1 unspecified atom stereocenters. The van der Waals surface area contributed by atoms with Crippen molar-refractivity contribution in [1.82, 2.24) is 10.3 Å². The van der Waals surface area contributed by atoms with Crippen molar-refractivity contribution in [2.75, 3.05) is 11.5 Å². The Bertz CT molecular complexity index is 482. The molecule has 0 bridgehead atoms. The minimum atomic E-state index is 0.536. The van der Waals surface area contributed by atoms with Gasteiger partial charge in [0, 0.05) is 29.3 Å². The van der Waals surface area contributed by atoms with Crippen LogP contribution < -0.4 is 5.32 Å². The third kappa shape index (κ3) is 4.64. The van der Waals surface area contributed by atoms with Gasteiger partial charge in [0.05, 0.1) is 5.69 Å². The molecule has 0 spiro atoms. The number of nitrogens with zero attached hydrogens (tertiary/aromatic N) is 1. The number of aromatic nitrogens is 1. The minimum absolute atomic E-state index is 0.536. The third-order valence-corrected chi connectivity index (χ3v) is 4.79. The van der Waals surface area contributed by atoms with Gasteiger partial charge in [-0.15, -0.1) is 11.3 Å². The largest absolute Gasteiger partial charge is 0.307 e. The van der Waals surface area contributed by atoms with Crippen LogP contribution in [0.3, 0.4) is 0 Å². The lowest BCUT2D eigenvalue weighted by Gasteiger charge is -2.11. The van der Waals surface area contributed by atoms with Gasteiger partial charge in [0.1, 0.15) is 5.01 Å². The Morgan fingerprint density at radius 3 is 2.84 bits per heavy atom. The zero-order valence-corrected chi connectivity index (χ0v) is 13.1. The van der Waals surface area contributed by atoms with E-state index in [2.05, 4.69) is 53.8 Å². The summed E-state index contributed by atoms with van der Waals surface area (Å²) in [6.45, 7) is 5.29. The Hall–Kier alpha value is -0.840. The molecule has 2 rings (SSSR count). The molecule has 2 aromatic rings. The molecule has 1 N–H and O–H groups in total. The van der Waals surface area contributed by atoms with E-state index in [4.69, 9.17) is 0 Å². The van der Waals surface area contributed by atoms with Crippen LogP contribution in [0.5, 0.6) is 0 Å². The van der Waals surface area contributed by atoms with E-state index in [1.807, 2.05) is 17.8 Å². The Labute approximate surface area is 123 Å². The van der Waals surface area contributed by atoms with Gasteiger partial charge < -0.3 is 5.32 Å². The summed E-state index contributed by atoms with van der Waals surface area (Å²) in [4.78, 5) is 4.68. The lowest BCUT2D eigenvalue weighted by Crippen LogP contribution is -2.27. The SMILES string of the molecule is CCSCC(C)NCc1nc(-c2ccccc2)cs1. The lowest BCUT2D eigenvalue weighted by molar-refractivity contribution is 0.594. The molecule has 0 fully saturated rings. The van der Waals surface area contributed by atoms with Crippen molar-refractivity contribution in [1.29, 1.82) is 0 Å². The number of rotatable bonds is 7. The van der Waals surface area contributed by atoms with E-state index < -0.39 is 0 Å². The smallest absolute Gasteiger partial charge is 0.107 e. The van der Waals surface area contributed by atoms with E-state index in [0.717, 1.165) is 23.0 Å². The van der Waals surface area contributed by atoms with Crippen molar-refractivity contribution in [2.24, 2.45) is 0 Å². The highest BCUT2D eigenvalue weighted by molar-refractivity contribution is 7.99. The van der Waals surface area contributed by atoms with Crippen molar-refractivity contribution in [2.45, 2.75) is 26.4 Å². The number of hydrogen-bond donors (Lipinski definition) is 1. The summed E-state index contributed by atoms with van der Waals surface area (Å²) in [6.07, 6.45) is 0. The third-order valence-electron chi connectivity index (χ3n) is 2.80. The van der Waals surface area contributed by atoms with Crippen LogP contribution in [0.25, 0.3) is 11.3 Å². The molecule has 2 nitrogen and oxygen atoms in total. The molecule has 0 saturated heterocycles. The van der Waals surface area contributed by atoms with Crippen LogP contribution in [0.15, 0.2) is 35.7 Å². The van der Waals surface area contributed by atoms with Crippen LogP contribution in [-0.2, 0) is 6.54 Å². The number of benzene rings is 1. The van der Waals surface area contributed by atoms with Gasteiger partial charge in [-0.1, -0.05) is 37.3 Å². The molecular formula is C15H20N2S2. The lowest BCUT2D eigenvalue weighted by atomic mass is 10.2. The highest BCUT2D eigenvalue weighted by atomic mass is 32.2. The van der Waals surface area contributed by atoms with Crippen LogP contribution in [0, 0.1) is 0 Å². The Balaban J connectivity index is 1.88. The highest BCUT2D eigenvalue weighted by Crippen LogP contribution is 2.21. The Morgan fingerprint density at radius 2 is 2.11 bits per heavy atom. The zero-order chi connectivity index (χ0) is 13.5. The van der Waals surface area contributed by atoms with Crippen molar-refractivity contribution >= 4 is 23.1 Å². The van der Waals surface area contributed by atoms with Gasteiger partial charge >= 0.3 is 0 Å². The van der Waals surface area contributed by atoms with E-state index in [0.29, 0.717) is 6.04 Å². The topological polar surface area (TPSA) is 24.9 Å². The second-order valence-corrected chi connectivity index (χ2v) is 6.70. The van der Waals surface area contributed by atoms with E-state index in [1.165, 1.54) is 11.3 Å². The summed E-state index contributed by atoms with van der Waals surface area (Å²) < 4.78 is 0. The summed E-state index contributed by atoms with van der Waals surface area (Å²) in [6, 6.07) is 10.9. The Morgan fingerprint density at radius 1 is 1.32 bits per heavy atom. The van der Waals surface area contributed by atoms with Crippen molar-refractivity contribution in [3.63, 3.8) is 0 Å². The van der Waals surface area contributed by atoms with Gasteiger partial charge in [0.15, 0.2) is 0 Å². The maximum Gasteiger partial charge on any atom is 0.107 e. The Kier molecular flexibility index (Phi) is 5.89. The van der Waals surface area contributed by atoms with Crippen LogP contribution in [-0.4, -0.2) is 22.5 Å². The maximum absolute atomic E-state index is 4.68. The van der Waals surface area contributed by atoms with Crippen LogP contribution in [0.1, 0.15) is 18.9 Å². The molecule has 102 valence electrons. The fourth-order valence-electron chi connectivity index (χ4n) is 1.75. The van der Waals surface area contributed by atoms with E-state index >= 15 is 0 Å². The van der Waals surface area contributed by atoms with Gasteiger partial charge in [0.2, 0.25) is 0 Å². The first-order valence-corrected chi connectivity index (χ1v) is 8.64. The minimum Gasteiger partial charge on any atom is -0.307 e. The first-order valence-electron chi connectivity index (χ1n) is 6.60. The van der Waals surface area contributed by atoms with Gasteiger partial charge in [-0.2, -0.15) is 11.8 Å². The molecule has 0 amide bonds. The molecule has 0 aliphatic carbocycles. The van der Waals surface area contributed by atoms with Crippen LogP contribution in [0.4, 0.5) is 0 Å². The standard InChI is InChI=1S/C15H20N2S2/c1-3-18-10-12(2)16-9-15-17-14(11-19-15)13-7-5-4-6-8-13/h4-8,11-12,16H,3,9-10H2,1-2H3. The number of thiazole rings is 1. The quantitative estimate of drug-likeness (QED) is 0.833. The fraction of sp³-hybridized carbons (Fsp3) is 0.400. The second kappa shape index (κ2) is 7.68. The van der Waals surface area contributed by atoms with Crippen LogP contribution >= 0.6 is 23.1 Å². The summed E-state index contributed by atoms with van der Waals surface area (Å²) in [5, 5.41) is 6.82. The molecular weight excluding hydrogens is 272 g/mol. The van der Waals surface area contributed by atoms with Gasteiger partial charge in [-0.25, -0.2) is 4.98 Å². The zero-order valence-electron chi connectivity index (χ0n) is 11.4. The van der Waals surface area contributed by atoms with Gasteiger partial charge in [0.25, 0.3) is 0 Å². The van der Waals surface area contributed by atoms with Gasteiger partial charge in [-0.3, -0.25) is 0 Å². The molecule has 0 aliphatic rings. The van der Waals surface area contributed by atoms with Gasteiger partial charge in [-0.05, 0) is 12.7 Å². The molecule has 0 aliphatic heterocycles. The predicted molar refractivity (Wildman–Crippen MR) is 86.9 cm³/mol. The van der Waals surface area contributed by atoms with Crippen molar-refractivity contribution < 1.29 is 0 Å². The number of thioether (sulfide) groups is 1. The maximum atomic E-state index is 4.68. The molecule has 1 atom stereocenters. The average molecular weight is 292 g/mol. The predicted octanol–water partition coefficient (Wildman–Crippen LogP) is 4.04. The molecule has 4 heteroatoms. The average Bonchev–Trinajstić information content (AvgIpc) is 2.93. The fourth-order valence-corrected chi connectivity index (χ4v) is 3.21. The highest BCUT2D eigenvalue weighted by Gasteiger charge is 2.06. The van der Waals surface area contributed by atoms with Crippen LogP contribution in [0.2, 0.25) is 0 Å². The second-order valence-electron chi connectivity index (χ2n) is 4.43. The molecule has 0 saturated carbocycles. The normalized spacial score (nSPS) is 12.5. The first-order chi connectivity index (χ1) is 9.29. The number of nitrogens with one attached hydrogen (secondary N) is 1.